The van der Waals surface area contributed by atoms with E-state index in [1.165, 1.54) is 87.6 Å². The van der Waals surface area contributed by atoms with Crippen molar-refractivity contribution in [3.05, 3.63) is 260 Å². The van der Waals surface area contributed by atoms with Crippen LogP contribution < -0.4 is 46.9 Å². The van der Waals surface area contributed by atoms with E-state index < -0.39 is 8.07 Å². The highest BCUT2D eigenvalue weighted by atomic mass is 28.3. The predicted molar refractivity (Wildman–Crippen MR) is 312 cm³/mol. The zero-order valence-electron chi connectivity index (χ0n) is 42.1. The molecule has 0 saturated carbocycles. The van der Waals surface area contributed by atoms with Crippen molar-refractivity contribution in [2.45, 2.75) is 52.4 Å². The van der Waals surface area contributed by atoms with E-state index >= 15 is 0 Å². The smallest absolute Gasteiger partial charge is 0.246 e. The van der Waals surface area contributed by atoms with Gasteiger partial charge in [0.2, 0.25) is 6.71 Å². The Kier molecular flexibility index (Phi) is 11.1. The molecule has 2 nitrogen and oxygen atoms in total. The van der Waals surface area contributed by atoms with Crippen LogP contribution in [0.25, 0.3) is 22.3 Å². The van der Waals surface area contributed by atoms with Gasteiger partial charge in [-0.2, -0.15) is 0 Å². The Morgan fingerprint density at radius 1 is 0.375 bits per heavy atom. The number of anilines is 6. The van der Waals surface area contributed by atoms with E-state index in [-0.39, 0.29) is 17.5 Å². The molecule has 0 saturated heterocycles. The third-order valence-electron chi connectivity index (χ3n) is 15.3. The van der Waals surface area contributed by atoms with Gasteiger partial charge in [-0.25, -0.2) is 0 Å². The van der Waals surface area contributed by atoms with E-state index in [2.05, 4.69) is 300 Å². The Hall–Kier alpha value is -7.92. The Bertz CT molecular complexity index is 3420. The van der Waals surface area contributed by atoms with Gasteiger partial charge in [0.05, 0.1) is 5.69 Å². The Balaban J connectivity index is 1.27. The molecular weight excluding hydrogens is 884 g/mol. The molecule has 0 radical (unpaired) electrons. The number of fused-ring (bicyclic) bond motifs is 4. The van der Waals surface area contributed by atoms with E-state index in [0.29, 0.717) is 0 Å². The van der Waals surface area contributed by atoms with E-state index in [1.54, 1.807) is 0 Å². The molecule has 0 bridgehead atoms. The van der Waals surface area contributed by atoms with Gasteiger partial charge >= 0.3 is 0 Å². The highest BCUT2D eigenvalue weighted by molar-refractivity contribution is 7.26. The molecule has 10 aromatic rings. The molecule has 0 amide bonds. The highest BCUT2D eigenvalue weighted by Crippen LogP contribution is 2.49. The van der Waals surface area contributed by atoms with Gasteiger partial charge in [-0.3, -0.25) is 0 Å². The van der Waals surface area contributed by atoms with Gasteiger partial charge in [0.1, 0.15) is 0 Å². The number of para-hydroxylation sites is 2. The highest BCUT2D eigenvalue weighted by Gasteiger charge is 2.53. The number of hydrogen-bond acceptors (Lipinski definition) is 2. The normalized spacial score (nSPS) is 13.5. The summed E-state index contributed by atoms with van der Waals surface area (Å²) in [5.74, 6) is 0. The first-order valence-corrected chi connectivity index (χ1v) is 27.5. The fourth-order valence-corrected chi connectivity index (χ4v) is 17.2. The van der Waals surface area contributed by atoms with Crippen LogP contribution in [0.4, 0.5) is 34.1 Å². The molecule has 72 heavy (non-hydrogen) atoms. The van der Waals surface area contributed by atoms with E-state index in [4.69, 9.17) is 0 Å². The topological polar surface area (TPSA) is 6.48 Å². The second-order valence-electron chi connectivity index (χ2n) is 21.7. The van der Waals surface area contributed by atoms with Crippen LogP contribution in [-0.4, -0.2) is 14.8 Å². The first-order valence-electron chi connectivity index (χ1n) is 25.5. The molecule has 0 fully saturated rings. The van der Waals surface area contributed by atoms with Crippen LogP contribution in [0, 0.1) is 0 Å². The molecule has 0 N–H and O–H groups in total. The maximum absolute atomic E-state index is 3.14. The van der Waals surface area contributed by atoms with Crippen molar-refractivity contribution in [3.63, 3.8) is 0 Å². The first kappa shape index (κ1) is 45.2. The summed E-state index contributed by atoms with van der Waals surface area (Å²) >= 11 is 0. The quantitative estimate of drug-likeness (QED) is 0.140. The number of benzene rings is 10. The molecule has 12 rings (SSSR count). The minimum Gasteiger partial charge on any atom is -0.310 e. The lowest BCUT2D eigenvalue weighted by Crippen LogP contribution is -2.87. The molecule has 0 unspecified atom stereocenters. The molecule has 4 heteroatoms. The number of nitrogens with zero attached hydrogens (tertiary/aromatic N) is 2. The summed E-state index contributed by atoms with van der Waals surface area (Å²) in [6.07, 6.45) is 0. The largest absolute Gasteiger partial charge is 0.310 e. The lowest BCUT2D eigenvalue weighted by Gasteiger charge is -2.48. The lowest BCUT2D eigenvalue weighted by molar-refractivity contribution is 0.590. The fourth-order valence-electron chi connectivity index (χ4n) is 11.9. The molecule has 348 valence electrons. The van der Waals surface area contributed by atoms with Crippen LogP contribution >= 0.6 is 0 Å². The SMILES string of the molecule is CC(C)(C)c1ccc(N(c2ccc(C(C)(C)C)cc2)c2cc3c4c(c2)[Si](c2ccccc2)(c2ccccc2)c2ccccc2B4c2ccccc2N3c2c(-c3ccccc3)cccc2-c2ccccc2)cc1. The zero-order valence-corrected chi connectivity index (χ0v) is 43.1. The summed E-state index contributed by atoms with van der Waals surface area (Å²) in [6.45, 7) is 13.8. The lowest BCUT2D eigenvalue weighted by atomic mass is 9.34. The van der Waals surface area contributed by atoms with Crippen LogP contribution in [0.3, 0.4) is 0 Å². The maximum atomic E-state index is 2.66. The number of hydrogen-bond donors (Lipinski definition) is 0. The van der Waals surface area contributed by atoms with Crippen LogP contribution in [0.2, 0.25) is 0 Å². The molecule has 0 atom stereocenters. The summed E-state index contributed by atoms with van der Waals surface area (Å²) in [5.41, 5.74) is 18.3. The zero-order chi connectivity index (χ0) is 49.2. The predicted octanol–water partition coefficient (Wildman–Crippen LogP) is 13.1. The van der Waals surface area contributed by atoms with Gasteiger partial charge in [0, 0.05) is 39.6 Å². The summed E-state index contributed by atoms with van der Waals surface area (Å²) in [7, 11) is -3.14. The summed E-state index contributed by atoms with van der Waals surface area (Å²) < 4.78 is 0. The van der Waals surface area contributed by atoms with Gasteiger partial charge in [0.25, 0.3) is 0 Å². The van der Waals surface area contributed by atoms with Gasteiger partial charge in [-0.05, 0) is 107 Å². The van der Waals surface area contributed by atoms with E-state index in [1.807, 2.05) is 0 Å². The molecule has 0 aliphatic carbocycles. The van der Waals surface area contributed by atoms with Gasteiger partial charge < -0.3 is 9.80 Å². The van der Waals surface area contributed by atoms with E-state index in [9.17, 15) is 0 Å². The molecule has 0 spiro atoms. The van der Waals surface area contributed by atoms with Gasteiger partial charge in [-0.15, -0.1) is 0 Å². The van der Waals surface area contributed by atoms with Crippen LogP contribution in [-0.2, 0) is 10.8 Å². The monoisotopic (exact) mass is 942 g/mol. The molecule has 10 aromatic carbocycles. The summed E-state index contributed by atoms with van der Waals surface area (Å²) in [5, 5.41) is 5.60. The van der Waals surface area contributed by atoms with Gasteiger partial charge in [0.15, 0.2) is 8.07 Å². The number of rotatable bonds is 8. The van der Waals surface area contributed by atoms with Crippen LogP contribution in [0.15, 0.2) is 249 Å². The minimum atomic E-state index is -3.14. The molecule has 2 aliphatic rings. The fraction of sp³-hybridized carbons (Fsp3) is 0.118. The van der Waals surface area contributed by atoms with Crippen molar-refractivity contribution in [2.75, 3.05) is 9.80 Å². The second-order valence-corrected chi connectivity index (χ2v) is 25.4. The minimum absolute atomic E-state index is 0.00315. The molecule has 0 aromatic heterocycles. The molecule has 2 aliphatic heterocycles. The third kappa shape index (κ3) is 7.47. The summed E-state index contributed by atoms with van der Waals surface area (Å²) in [6, 6.07) is 94.4. The average Bonchev–Trinajstić information content (AvgIpc) is 3.41. The Labute approximate surface area is 428 Å². The third-order valence-corrected chi connectivity index (χ3v) is 20.2. The Morgan fingerprint density at radius 2 is 0.819 bits per heavy atom. The van der Waals surface area contributed by atoms with Crippen molar-refractivity contribution in [3.8, 4) is 22.3 Å². The average molecular weight is 943 g/mol. The first-order chi connectivity index (χ1) is 35.0. The maximum Gasteiger partial charge on any atom is 0.246 e. The standard InChI is InChI=1S/C68H59BN2Si/c1-67(2,3)50-38-42-52(43-39-50)70(53-44-40-51(41-45-53)68(4,5)6)54-46-62-65-64(47-54)72(55-28-15-9-16-29-55,56-30-17-10-18-31-56)63-37-22-20-35-60(63)69(65)59-34-19-21-36-61(59)71(62)66-57(48-24-11-7-12-25-48)32-23-33-58(66)49-26-13-8-14-27-49/h7-47H,1-6H3. The van der Waals surface area contributed by atoms with Crippen molar-refractivity contribution in [1.82, 2.24) is 0 Å². The van der Waals surface area contributed by atoms with Crippen molar-refractivity contribution in [2.24, 2.45) is 0 Å². The van der Waals surface area contributed by atoms with Crippen LogP contribution in [0.5, 0.6) is 0 Å². The summed E-state index contributed by atoms with van der Waals surface area (Å²) in [4.78, 5) is 5.19. The molecule has 2 heterocycles. The van der Waals surface area contributed by atoms with Crippen molar-refractivity contribution >= 4 is 86.0 Å². The van der Waals surface area contributed by atoms with Crippen molar-refractivity contribution in [1.29, 1.82) is 0 Å². The molecular formula is C68H59BN2Si. The van der Waals surface area contributed by atoms with E-state index in [0.717, 1.165) is 17.1 Å². The second kappa shape index (κ2) is 17.7. The van der Waals surface area contributed by atoms with Crippen LogP contribution in [0.1, 0.15) is 52.7 Å². The van der Waals surface area contributed by atoms with Crippen molar-refractivity contribution < 1.29 is 0 Å². The Morgan fingerprint density at radius 3 is 1.32 bits per heavy atom. The van der Waals surface area contributed by atoms with Gasteiger partial charge in [-0.1, -0.05) is 253 Å².